The molecule has 2 fully saturated rings. The molecule has 3 N–H and O–H groups in total. The van der Waals surface area contributed by atoms with E-state index in [-0.39, 0.29) is 46.9 Å². The first-order chi connectivity index (χ1) is 17.2. The highest BCUT2D eigenvalue weighted by Crippen LogP contribution is 2.55. The van der Waals surface area contributed by atoms with E-state index >= 15 is 0 Å². The molecule has 2 aliphatic carbocycles. The molecule has 7 nitrogen and oxygen atoms in total. The molecule has 0 aliphatic heterocycles. The number of nitrogens with zero attached hydrogens (tertiary/aromatic N) is 1. The normalized spacial score (nSPS) is 30.5. The third-order valence-electron chi connectivity index (χ3n) is 8.80. The highest BCUT2D eigenvalue weighted by molar-refractivity contribution is 5.94. The molecule has 36 heavy (non-hydrogen) atoms. The van der Waals surface area contributed by atoms with Crippen LogP contribution in [-0.2, 0) is 11.3 Å². The van der Waals surface area contributed by atoms with Crippen molar-refractivity contribution < 1.29 is 19.4 Å². The van der Waals surface area contributed by atoms with Crippen molar-refractivity contribution in [1.29, 1.82) is 0 Å². The Morgan fingerprint density at radius 3 is 2.58 bits per heavy atom. The van der Waals surface area contributed by atoms with Crippen molar-refractivity contribution in [2.45, 2.75) is 65.1 Å². The quantitative estimate of drug-likeness (QED) is 0.542. The van der Waals surface area contributed by atoms with Gasteiger partial charge >= 0.3 is 0 Å². The van der Waals surface area contributed by atoms with Crippen LogP contribution in [0.1, 0.15) is 62.4 Å². The molecule has 0 spiro atoms. The number of hydrogen-bond donors (Lipinski definition) is 3. The van der Waals surface area contributed by atoms with E-state index < -0.39 is 6.10 Å². The highest BCUT2D eigenvalue weighted by atomic mass is 16.5. The predicted molar refractivity (Wildman–Crippen MR) is 138 cm³/mol. The molecular formula is C29H39N3O4. The number of hydrogen-bond acceptors (Lipinski definition) is 5. The van der Waals surface area contributed by atoms with Crippen molar-refractivity contribution in [3.63, 3.8) is 0 Å². The topological polar surface area (TPSA) is 101 Å². The molecule has 0 saturated heterocycles. The zero-order valence-electron chi connectivity index (χ0n) is 21.7. The van der Waals surface area contributed by atoms with Gasteiger partial charge in [-0.1, -0.05) is 26.8 Å². The zero-order valence-corrected chi connectivity index (χ0v) is 21.7. The van der Waals surface area contributed by atoms with Gasteiger partial charge in [0.15, 0.2) is 0 Å². The van der Waals surface area contributed by atoms with Gasteiger partial charge in [-0.05, 0) is 84.7 Å². The molecule has 0 bridgehead atoms. The SMILES string of the molecule is COc1ccc(C(=O)N[C@H]2CC[C@]3(C)CCC([C@H](C)C(=O)NCc4cccnc4)[C@H](O)[C@H]3[C@@H]2C)cc1. The van der Waals surface area contributed by atoms with Crippen molar-refractivity contribution >= 4 is 11.8 Å². The van der Waals surface area contributed by atoms with Gasteiger partial charge in [-0.15, -0.1) is 0 Å². The van der Waals surface area contributed by atoms with E-state index in [0.717, 1.165) is 31.2 Å². The molecule has 4 rings (SSSR count). The molecule has 1 unspecified atom stereocenters. The number of amides is 2. The molecule has 2 saturated carbocycles. The summed E-state index contributed by atoms with van der Waals surface area (Å²) < 4.78 is 5.19. The first kappa shape index (κ1) is 26.1. The summed E-state index contributed by atoms with van der Waals surface area (Å²) in [5.74, 6) is 0.248. The summed E-state index contributed by atoms with van der Waals surface area (Å²) in [4.78, 5) is 30.0. The minimum atomic E-state index is -0.599. The summed E-state index contributed by atoms with van der Waals surface area (Å²) >= 11 is 0. The molecule has 7 atom stereocenters. The second-order valence-electron chi connectivity index (χ2n) is 10.9. The lowest BCUT2D eigenvalue weighted by Gasteiger charge is -2.56. The van der Waals surface area contributed by atoms with Crippen LogP contribution in [0.2, 0.25) is 0 Å². The Morgan fingerprint density at radius 1 is 1.19 bits per heavy atom. The van der Waals surface area contributed by atoms with E-state index in [1.54, 1.807) is 43.8 Å². The van der Waals surface area contributed by atoms with Gasteiger partial charge in [-0.3, -0.25) is 14.6 Å². The van der Waals surface area contributed by atoms with Crippen LogP contribution in [0.25, 0.3) is 0 Å². The average molecular weight is 494 g/mol. The van der Waals surface area contributed by atoms with Gasteiger partial charge in [0.1, 0.15) is 5.75 Å². The summed E-state index contributed by atoms with van der Waals surface area (Å²) in [5.41, 5.74) is 1.55. The van der Waals surface area contributed by atoms with Crippen molar-refractivity contribution in [1.82, 2.24) is 15.6 Å². The van der Waals surface area contributed by atoms with E-state index in [9.17, 15) is 14.7 Å². The number of benzene rings is 1. The molecule has 194 valence electrons. The van der Waals surface area contributed by atoms with Crippen molar-refractivity contribution in [2.75, 3.05) is 7.11 Å². The fraction of sp³-hybridized carbons (Fsp3) is 0.552. The van der Waals surface area contributed by atoms with E-state index in [1.165, 1.54) is 0 Å². The number of aliphatic hydroxyl groups is 1. The summed E-state index contributed by atoms with van der Waals surface area (Å²) in [6.45, 7) is 6.75. The van der Waals surface area contributed by atoms with Crippen LogP contribution >= 0.6 is 0 Å². The highest BCUT2D eigenvalue weighted by Gasteiger charge is 2.53. The Balaban J connectivity index is 1.41. The van der Waals surface area contributed by atoms with Crippen molar-refractivity contribution in [3.8, 4) is 5.75 Å². The van der Waals surface area contributed by atoms with Crippen LogP contribution in [0.5, 0.6) is 5.75 Å². The maximum absolute atomic E-state index is 13.0. The van der Waals surface area contributed by atoms with E-state index in [1.807, 2.05) is 19.1 Å². The second kappa shape index (κ2) is 11.0. The third kappa shape index (κ3) is 5.41. The summed E-state index contributed by atoms with van der Waals surface area (Å²) in [6.07, 6.45) is 6.49. The number of fused-ring (bicyclic) bond motifs is 1. The fourth-order valence-corrected chi connectivity index (χ4v) is 6.54. The molecule has 0 radical (unpaired) electrons. The molecule has 2 aliphatic rings. The number of aromatic nitrogens is 1. The van der Waals surface area contributed by atoms with Crippen LogP contribution < -0.4 is 15.4 Å². The fourth-order valence-electron chi connectivity index (χ4n) is 6.54. The Kier molecular flexibility index (Phi) is 7.98. The predicted octanol–water partition coefficient (Wildman–Crippen LogP) is 3.96. The monoisotopic (exact) mass is 493 g/mol. The van der Waals surface area contributed by atoms with Crippen LogP contribution in [0.3, 0.4) is 0 Å². The average Bonchev–Trinajstić information content (AvgIpc) is 2.89. The first-order valence-electron chi connectivity index (χ1n) is 13.0. The van der Waals surface area contributed by atoms with Crippen LogP contribution in [-0.4, -0.2) is 41.2 Å². The van der Waals surface area contributed by atoms with Crippen LogP contribution in [0, 0.1) is 29.1 Å². The largest absolute Gasteiger partial charge is 0.497 e. The van der Waals surface area contributed by atoms with Gasteiger partial charge in [0.25, 0.3) is 5.91 Å². The summed E-state index contributed by atoms with van der Waals surface area (Å²) in [5, 5.41) is 17.9. The minimum absolute atomic E-state index is 0.00256. The maximum atomic E-state index is 13.0. The number of ether oxygens (including phenoxy) is 1. The number of carbonyl (C=O) groups is 2. The van der Waals surface area contributed by atoms with Crippen LogP contribution in [0.4, 0.5) is 0 Å². The number of rotatable bonds is 7. The van der Waals surface area contributed by atoms with E-state index in [2.05, 4.69) is 29.5 Å². The summed E-state index contributed by atoms with van der Waals surface area (Å²) in [6, 6.07) is 10.9. The van der Waals surface area contributed by atoms with Crippen LogP contribution in [0.15, 0.2) is 48.8 Å². The van der Waals surface area contributed by atoms with Gasteiger partial charge in [-0.2, -0.15) is 0 Å². The molecule has 1 aromatic heterocycles. The molecule has 7 heteroatoms. The first-order valence-corrected chi connectivity index (χ1v) is 13.0. The number of pyridine rings is 1. The lowest BCUT2D eigenvalue weighted by Crippen LogP contribution is -2.58. The lowest BCUT2D eigenvalue weighted by atomic mass is 9.51. The summed E-state index contributed by atoms with van der Waals surface area (Å²) in [7, 11) is 1.60. The number of nitrogens with one attached hydrogen (secondary N) is 2. The molecule has 1 heterocycles. The van der Waals surface area contributed by atoms with E-state index in [0.29, 0.717) is 17.9 Å². The van der Waals surface area contributed by atoms with Gasteiger partial charge in [0.05, 0.1) is 13.2 Å². The molecule has 2 aromatic rings. The maximum Gasteiger partial charge on any atom is 0.251 e. The molecular weight excluding hydrogens is 454 g/mol. The minimum Gasteiger partial charge on any atom is -0.497 e. The Labute approximate surface area is 214 Å². The van der Waals surface area contributed by atoms with E-state index in [4.69, 9.17) is 4.74 Å². The van der Waals surface area contributed by atoms with Gasteiger partial charge in [-0.25, -0.2) is 0 Å². The second-order valence-corrected chi connectivity index (χ2v) is 10.9. The van der Waals surface area contributed by atoms with Crippen molar-refractivity contribution in [3.05, 3.63) is 59.9 Å². The Bertz CT molecular complexity index is 1040. The number of carbonyl (C=O) groups excluding carboxylic acids is 2. The molecule has 1 aromatic carbocycles. The molecule has 2 amide bonds. The number of aliphatic hydroxyl groups excluding tert-OH is 1. The third-order valence-corrected chi connectivity index (χ3v) is 8.80. The number of methoxy groups -OCH3 is 1. The smallest absolute Gasteiger partial charge is 0.251 e. The van der Waals surface area contributed by atoms with Gasteiger partial charge in [0.2, 0.25) is 5.91 Å². The van der Waals surface area contributed by atoms with Gasteiger partial charge in [0, 0.05) is 36.5 Å². The lowest BCUT2D eigenvalue weighted by molar-refractivity contribution is -0.142. The Morgan fingerprint density at radius 2 is 1.92 bits per heavy atom. The van der Waals surface area contributed by atoms with Gasteiger partial charge < -0.3 is 20.5 Å². The zero-order chi connectivity index (χ0) is 25.9. The standard InChI is InChI=1S/C29H39N3O4/c1-18(27(34)31-17-20-6-5-15-30-16-20)23-11-13-29(3)14-12-24(19(2)25(29)26(23)33)32-28(35)21-7-9-22(36-4)10-8-21/h5-10,15-16,18-19,23-26,33H,11-14,17H2,1-4H3,(H,31,34)(H,32,35)/t18-,19+,23?,24-,25+,26-,29-/m0/s1. The Hall–Kier alpha value is -2.93. The van der Waals surface area contributed by atoms with Crippen molar-refractivity contribution in [2.24, 2.45) is 29.1 Å².